The van der Waals surface area contributed by atoms with Gasteiger partial charge in [0, 0.05) is 31.1 Å². The van der Waals surface area contributed by atoms with E-state index in [9.17, 15) is 27.9 Å². The van der Waals surface area contributed by atoms with Crippen molar-refractivity contribution in [1.82, 2.24) is 48.1 Å². The van der Waals surface area contributed by atoms with Crippen LogP contribution in [0.25, 0.3) is 40.0 Å². The maximum absolute atomic E-state index is 13.2. The molecule has 0 aliphatic carbocycles. The van der Waals surface area contributed by atoms with Gasteiger partial charge in [0.2, 0.25) is 5.88 Å². The Morgan fingerprint density at radius 2 is 1.30 bits per heavy atom. The maximum Gasteiger partial charge on any atom is 0.373 e. The zero-order valence-corrected chi connectivity index (χ0v) is 32.7. The van der Waals surface area contributed by atoms with E-state index in [0.29, 0.717) is 52.9 Å². The smallest absolute Gasteiger partial charge is 0.373 e. The van der Waals surface area contributed by atoms with Gasteiger partial charge in [-0.2, -0.15) is 14.6 Å². The second-order valence-electron chi connectivity index (χ2n) is 11.5. The SMILES string of the molecule is CCCC(=O)OCC.Fc1ccc2ncc(-c3nc(Cl)cc(Cl)n3)n2c1.N=C(N)c1cnc2ccc(F)cn12.O=C=O.O=c1cc(O)nc(-c2cnc3ccc(F)cn23)[nH]1. The van der Waals surface area contributed by atoms with Crippen molar-refractivity contribution in [3.8, 4) is 28.9 Å². The van der Waals surface area contributed by atoms with E-state index in [1.165, 1.54) is 86.8 Å². The number of aromatic hydroxyl groups is 1. The number of rotatable bonds is 6. The average molecular weight is 868 g/mol. The summed E-state index contributed by atoms with van der Waals surface area (Å²) in [6.45, 7) is 4.27. The topological polar surface area (TPSA) is 254 Å². The first-order chi connectivity index (χ1) is 28.7. The zero-order valence-electron chi connectivity index (χ0n) is 31.2. The van der Waals surface area contributed by atoms with E-state index in [4.69, 9.17) is 43.9 Å². The number of esters is 1. The van der Waals surface area contributed by atoms with Crippen molar-refractivity contribution in [2.45, 2.75) is 26.7 Å². The molecule has 0 unspecified atom stereocenters. The molecule has 0 radical (unpaired) electrons. The number of aromatic amines is 1. The van der Waals surface area contributed by atoms with Crippen molar-refractivity contribution < 1.29 is 37.4 Å². The molecule has 8 aromatic rings. The van der Waals surface area contributed by atoms with Crippen LogP contribution in [0.1, 0.15) is 32.4 Å². The summed E-state index contributed by atoms with van der Waals surface area (Å²) in [5.74, 6) is -1.40. The molecule has 60 heavy (non-hydrogen) atoms. The van der Waals surface area contributed by atoms with Crippen molar-refractivity contribution in [2.75, 3.05) is 6.61 Å². The second kappa shape index (κ2) is 21.3. The molecule has 18 nitrogen and oxygen atoms in total. The van der Waals surface area contributed by atoms with Crippen LogP contribution in [0.4, 0.5) is 13.2 Å². The molecule has 8 rings (SSSR count). The second-order valence-corrected chi connectivity index (χ2v) is 12.3. The summed E-state index contributed by atoms with van der Waals surface area (Å²) in [4.78, 5) is 64.4. The number of imidazole rings is 3. The van der Waals surface area contributed by atoms with Crippen LogP contribution >= 0.6 is 23.2 Å². The Labute approximate surface area is 345 Å². The van der Waals surface area contributed by atoms with E-state index < -0.39 is 17.3 Å². The molecule has 0 aliphatic heterocycles. The van der Waals surface area contributed by atoms with E-state index in [-0.39, 0.29) is 45.7 Å². The predicted molar refractivity (Wildman–Crippen MR) is 210 cm³/mol. The molecule has 0 fully saturated rings. The number of nitrogens with two attached hydrogens (primary N) is 1. The molecule has 0 aromatic carbocycles. The zero-order chi connectivity index (χ0) is 43.9. The van der Waals surface area contributed by atoms with Gasteiger partial charge in [-0.1, -0.05) is 30.1 Å². The average Bonchev–Trinajstić information content (AvgIpc) is 3.92. The highest BCUT2D eigenvalue weighted by Crippen LogP contribution is 2.22. The van der Waals surface area contributed by atoms with Gasteiger partial charge in [-0.15, -0.1) is 0 Å². The number of ether oxygens (including phenoxy) is 1. The Balaban J connectivity index is 0.000000179. The standard InChI is InChI=1S/C11H5Cl2FN4.C11H7FN4O2.C8H7FN4.C6H12O2.CO2/c12-8-3-9(13)17-11(16-8)7-4-15-10-2-1-6(14)5-18(7)10;12-6-1-2-8-13-4-7(16(8)5-6)11-14-9(17)3-10(18)15-11;9-5-1-2-7-12-3-6(8(10)11)13(7)4-5;1-3-5-6(7)8-4-2;2-1-3/h1-5H;1-5H,(H2,14,15,17,18);1-4H,(H3,10,11);3-5H2,1-2H3;. The number of fused-ring (bicyclic) bond motifs is 3. The fraction of sp³-hybridized carbons (Fsp3) is 0.135. The number of nitrogen functional groups attached to an aromatic ring is 1. The summed E-state index contributed by atoms with van der Waals surface area (Å²) in [7, 11) is 0. The van der Waals surface area contributed by atoms with Crippen LogP contribution in [-0.4, -0.2) is 77.8 Å². The Bertz CT molecular complexity index is 2830. The van der Waals surface area contributed by atoms with E-state index in [2.05, 4.69) is 39.6 Å². The molecule has 0 amide bonds. The molecule has 0 saturated heterocycles. The van der Waals surface area contributed by atoms with Crippen LogP contribution in [0.3, 0.4) is 0 Å². The molecule has 5 N–H and O–H groups in total. The highest BCUT2D eigenvalue weighted by molar-refractivity contribution is 6.33. The van der Waals surface area contributed by atoms with Gasteiger partial charge in [0.25, 0.3) is 5.56 Å². The third-order valence-electron chi connectivity index (χ3n) is 7.31. The van der Waals surface area contributed by atoms with Crippen LogP contribution in [-0.2, 0) is 19.1 Å². The molecule has 0 bridgehead atoms. The minimum absolute atomic E-state index is 0.0880. The number of nitrogens with one attached hydrogen (secondary N) is 2. The molecule has 0 atom stereocenters. The Kier molecular flexibility index (Phi) is 16.1. The minimum atomic E-state index is -0.496. The quantitative estimate of drug-likeness (QED) is 0.0679. The molecule has 0 saturated carbocycles. The normalized spacial score (nSPS) is 10.2. The predicted octanol–water partition coefficient (Wildman–Crippen LogP) is 5.69. The maximum atomic E-state index is 13.2. The summed E-state index contributed by atoms with van der Waals surface area (Å²) in [6, 6.07) is 10.9. The monoisotopic (exact) mass is 866 g/mol. The summed E-state index contributed by atoms with van der Waals surface area (Å²) in [5.41, 5.74) is 7.76. The summed E-state index contributed by atoms with van der Waals surface area (Å²) in [6.07, 6.45) is 9.86. The minimum Gasteiger partial charge on any atom is -0.493 e. The van der Waals surface area contributed by atoms with Crippen molar-refractivity contribution in [2.24, 2.45) is 5.73 Å². The lowest BCUT2D eigenvalue weighted by atomic mass is 10.3. The van der Waals surface area contributed by atoms with Crippen molar-refractivity contribution in [1.29, 1.82) is 5.41 Å². The Morgan fingerprint density at radius 1 is 0.817 bits per heavy atom. The van der Waals surface area contributed by atoms with Gasteiger partial charge in [-0.25, -0.2) is 38.1 Å². The van der Waals surface area contributed by atoms with E-state index in [0.717, 1.165) is 12.5 Å². The number of aromatic nitrogens is 10. The number of amidine groups is 1. The van der Waals surface area contributed by atoms with Crippen molar-refractivity contribution >= 4 is 58.1 Å². The fourth-order valence-corrected chi connectivity index (χ4v) is 5.33. The van der Waals surface area contributed by atoms with Gasteiger partial charge in [0.1, 0.15) is 67.6 Å². The first kappa shape index (κ1) is 45.2. The fourth-order valence-electron chi connectivity index (χ4n) is 4.91. The lowest BCUT2D eigenvalue weighted by Crippen LogP contribution is -2.13. The molecule has 23 heteroatoms. The number of halogens is 5. The number of H-pyrrole nitrogens is 1. The number of hydrogen-bond donors (Lipinski definition) is 4. The molecule has 8 aromatic heterocycles. The van der Waals surface area contributed by atoms with Crippen LogP contribution in [0.15, 0.2) is 90.5 Å². The summed E-state index contributed by atoms with van der Waals surface area (Å²) >= 11 is 11.6. The lowest BCUT2D eigenvalue weighted by molar-refractivity contribution is -0.191. The highest BCUT2D eigenvalue weighted by atomic mass is 35.5. The molecule has 310 valence electrons. The Morgan fingerprint density at radius 3 is 1.80 bits per heavy atom. The Hall–Kier alpha value is -7.48. The lowest BCUT2D eigenvalue weighted by Gasteiger charge is -2.01. The molecule has 8 heterocycles. The number of hydrogen-bond acceptors (Lipinski definition) is 13. The van der Waals surface area contributed by atoms with Gasteiger partial charge in [-0.05, 0) is 49.7 Å². The first-order valence-electron chi connectivity index (χ1n) is 17.1. The van der Waals surface area contributed by atoms with Gasteiger partial charge in [-0.3, -0.25) is 28.2 Å². The van der Waals surface area contributed by atoms with Crippen LogP contribution in [0.2, 0.25) is 10.3 Å². The summed E-state index contributed by atoms with van der Waals surface area (Å²) in [5, 5.41) is 16.9. The van der Waals surface area contributed by atoms with E-state index >= 15 is 0 Å². The third-order valence-corrected chi connectivity index (χ3v) is 7.69. The van der Waals surface area contributed by atoms with Gasteiger partial charge < -0.3 is 20.6 Å². The van der Waals surface area contributed by atoms with Crippen molar-refractivity contribution in [3.63, 3.8) is 0 Å². The van der Waals surface area contributed by atoms with Gasteiger partial charge >= 0.3 is 12.1 Å². The number of nitrogens with zero attached hydrogens (tertiary/aromatic N) is 9. The number of carbonyl (C=O) groups is 1. The first-order valence-corrected chi connectivity index (χ1v) is 17.8. The van der Waals surface area contributed by atoms with Crippen LogP contribution in [0, 0.1) is 22.9 Å². The van der Waals surface area contributed by atoms with Gasteiger partial charge in [0.05, 0.1) is 31.3 Å². The van der Waals surface area contributed by atoms with E-state index in [1.807, 2.05) is 13.8 Å². The van der Waals surface area contributed by atoms with Crippen LogP contribution < -0.4 is 11.3 Å². The number of carbonyl (C=O) groups excluding carboxylic acids is 3. The number of pyridine rings is 3. The van der Waals surface area contributed by atoms with Crippen LogP contribution in [0.5, 0.6) is 5.88 Å². The molecular weight excluding hydrogens is 836 g/mol. The van der Waals surface area contributed by atoms with Crippen molar-refractivity contribution in [3.05, 3.63) is 130 Å². The van der Waals surface area contributed by atoms with Gasteiger partial charge in [0.15, 0.2) is 11.6 Å². The summed E-state index contributed by atoms with van der Waals surface area (Å²) < 4.78 is 48.3. The third kappa shape index (κ3) is 12.3. The molecular formula is C37H31Cl2F3N12O6. The van der Waals surface area contributed by atoms with E-state index in [1.54, 1.807) is 6.07 Å². The molecule has 0 aliphatic rings. The highest BCUT2D eigenvalue weighted by Gasteiger charge is 2.12. The largest absolute Gasteiger partial charge is 0.493 e. The molecule has 0 spiro atoms.